The monoisotopic (exact) mass is 336 g/mol. The lowest BCUT2D eigenvalue weighted by atomic mass is 9.97. The maximum atomic E-state index is 12.8. The molecule has 4 nitrogen and oxygen atoms in total. The zero-order chi connectivity index (χ0) is 14.6. The second-order valence-corrected chi connectivity index (χ2v) is 4.54. The highest BCUT2D eigenvalue weighted by Gasteiger charge is 2.22. The van der Waals surface area contributed by atoms with Gasteiger partial charge in [-0.3, -0.25) is 4.79 Å². The minimum Gasteiger partial charge on any atom is -0.479 e. The fraction of sp³-hybridized carbons (Fsp3) is 0.333. The van der Waals surface area contributed by atoms with Crippen molar-refractivity contribution in [3.05, 3.63) is 34.9 Å². The Hall–Kier alpha value is -1.34. The molecule has 0 fully saturated rings. The summed E-state index contributed by atoms with van der Waals surface area (Å²) >= 11 is 3.03. The molecule has 104 valence electrons. The molecule has 19 heavy (non-hydrogen) atoms. The second-order valence-electron chi connectivity index (χ2n) is 3.75. The number of aliphatic hydroxyl groups excluding tert-OH is 1. The fourth-order valence-corrected chi connectivity index (χ4v) is 1.90. The Kier molecular flexibility index (Phi) is 5.56. The molecule has 0 aromatic heterocycles. The lowest BCUT2D eigenvalue weighted by Gasteiger charge is -2.12. The van der Waals surface area contributed by atoms with Crippen LogP contribution < -0.4 is 0 Å². The third-order valence-electron chi connectivity index (χ3n) is 2.48. The highest BCUT2D eigenvalue weighted by atomic mass is 79.9. The molecular weight excluding hydrogens is 326 g/mol. The SMILES string of the molecule is O=C(CCBr)c1cc(C(O)C(=O)O)ccc1C(F)F. The summed E-state index contributed by atoms with van der Waals surface area (Å²) in [5.41, 5.74) is -0.825. The average Bonchev–Trinajstić information content (AvgIpc) is 2.37. The van der Waals surface area contributed by atoms with Gasteiger partial charge in [-0.05, 0) is 11.6 Å². The number of carbonyl (C=O) groups excluding carboxylic acids is 1. The molecule has 0 saturated carbocycles. The van der Waals surface area contributed by atoms with Crippen molar-refractivity contribution in [2.75, 3.05) is 5.33 Å². The zero-order valence-electron chi connectivity index (χ0n) is 9.65. The number of carboxylic acid groups (broad SMARTS) is 1. The van der Waals surface area contributed by atoms with Crippen molar-refractivity contribution in [3.63, 3.8) is 0 Å². The highest BCUT2D eigenvalue weighted by molar-refractivity contribution is 9.09. The largest absolute Gasteiger partial charge is 0.479 e. The number of carboxylic acids is 1. The minimum absolute atomic E-state index is 0.00629. The normalized spacial score (nSPS) is 12.5. The lowest BCUT2D eigenvalue weighted by molar-refractivity contribution is -0.146. The van der Waals surface area contributed by atoms with E-state index >= 15 is 0 Å². The van der Waals surface area contributed by atoms with Crippen LogP contribution in [-0.4, -0.2) is 27.3 Å². The van der Waals surface area contributed by atoms with E-state index in [1.165, 1.54) is 0 Å². The third-order valence-corrected chi connectivity index (χ3v) is 2.88. The number of aliphatic carboxylic acids is 1. The van der Waals surface area contributed by atoms with Crippen LogP contribution in [-0.2, 0) is 4.79 Å². The third kappa shape index (κ3) is 3.81. The van der Waals surface area contributed by atoms with Crippen LogP contribution in [0.5, 0.6) is 0 Å². The van der Waals surface area contributed by atoms with E-state index in [1.54, 1.807) is 0 Å². The fourth-order valence-electron chi connectivity index (χ4n) is 1.54. The highest BCUT2D eigenvalue weighted by Crippen LogP contribution is 2.27. The number of alkyl halides is 3. The number of hydrogen-bond acceptors (Lipinski definition) is 3. The quantitative estimate of drug-likeness (QED) is 0.618. The lowest BCUT2D eigenvalue weighted by Crippen LogP contribution is -2.13. The standard InChI is InChI=1S/C12H11BrF2O4/c13-4-3-9(16)8-5-6(10(17)12(18)19)1-2-7(8)11(14)15/h1-2,5,10-11,17H,3-4H2,(H,18,19). The van der Waals surface area contributed by atoms with Crippen molar-refractivity contribution in [1.29, 1.82) is 0 Å². The van der Waals surface area contributed by atoms with Gasteiger partial charge in [0.25, 0.3) is 6.43 Å². The first kappa shape index (κ1) is 15.7. The topological polar surface area (TPSA) is 74.6 Å². The number of halogens is 3. The molecule has 2 N–H and O–H groups in total. The van der Waals surface area contributed by atoms with Gasteiger partial charge < -0.3 is 10.2 Å². The minimum atomic E-state index is -2.84. The molecule has 0 spiro atoms. The maximum Gasteiger partial charge on any atom is 0.337 e. The summed E-state index contributed by atoms with van der Waals surface area (Å²) in [5.74, 6) is -2.05. The van der Waals surface area contributed by atoms with Crippen LogP contribution in [0.1, 0.15) is 40.4 Å². The van der Waals surface area contributed by atoms with Gasteiger partial charge in [0.2, 0.25) is 0 Å². The van der Waals surface area contributed by atoms with Crippen LogP contribution in [0, 0.1) is 0 Å². The van der Waals surface area contributed by atoms with E-state index in [0.717, 1.165) is 18.2 Å². The van der Waals surface area contributed by atoms with Crippen LogP contribution in [0.2, 0.25) is 0 Å². The van der Waals surface area contributed by atoms with Gasteiger partial charge >= 0.3 is 5.97 Å². The van der Waals surface area contributed by atoms with E-state index in [-0.39, 0.29) is 17.5 Å². The number of carbonyl (C=O) groups is 2. The van der Waals surface area contributed by atoms with Gasteiger partial charge in [0, 0.05) is 22.9 Å². The van der Waals surface area contributed by atoms with Crippen molar-refractivity contribution in [3.8, 4) is 0 Å². The average molecular weight is 337 g/mol. The van der Waals surface area contributed by atoms with Crippen molar-refractivity contribution in [1.82, 2.24) is 0 Å². The molecule has 0 aliphatic carbocycles. The van der Waals surface area contributed by atoms with Gasteiger partial charge in [-0.1, -0.05) is 28.1 Å². The van der Waals surface area contributed by atoms with E-state index in [2.05, 4.69) is 15.9 Å². The smallest absolute Gasteiger partial charge is 0.337 e. The Balaban J connectivity index is 3.25. The number of Topliss-reactive ketones (excluding diaryl/α,β-unsaturated/α-hetero) is 1. The number of aliphatic hydroxyl groups is 1. The summed E-state index contributed by atoms with van der Waals surface area (Å²) in [7, 11) is 0. The van der Waals surface area contributed by atoms with E-state index < -0.39 is 29.8 Å². The van der Waals surface area contributed by atoms with Gasteiger partial charge in [-0.15, -0.1) is 0 Å². The first-order chi connectivity index (χ1) is 8.88. The van der Waals surface area contributed by atoms with Crippen LogP contribution in [0.25, 0.3) is 0 Å². The Morgan fingerprint density at radius 2 is 1.95 bits per heavy atom. The van der Waals surface area contributed by atoms with Crippen LogP contribution >= 0.6 is 15.9 Å². The molecule has 1 aromatic rings. The zero-order valence-corrected chi connectivity index (χ0v) is 11.2. The van der Waals surface area contributed by atoms with Gasteiger partial charge in [-0.25, -0.2) is 13.6 Å². The van der Waals surface area contributed by atoms with Crippen LogP contribution in [0.3, 0.4) is 0 Å². The van der Waals surface area contributed by atoms with Gasteiger partial charge in [0.05, 0.1) is 0 Å². The number of ketones is 1. The Morgan fingerprint density at radius 1 is 1.32 bits per heavy atom. The van der Waals surface area contributed by atoms with Crippen molar-refractivity contribution in [2.24, 2.45) is 0 Å². The number of benzene rings is 1. The summed E-state index contributed by atoms with van der Waals surface area (Å²) in [5, 5.41) is 18.3. The summed E-state index contributed by atoms with van der Waals surface area (Å²) in [4.78, 5) is 22.4. The van der Waals surface area contributed by atoms with Crippen LogP contribution in [0.4, 0.5) is 8.78 Å². The molecule has 1 atom stereocenters. The summed E-state index contributed by atoms with van der Waals surface area (Å²) in [6.07, 6.45) is -4.68. The molecule has 7 heteroatoms. The van der Waals surface area contributed by atoms with Gasteiger partial charge in [0.15, 0.2) is 11.9 Å². The predicted octanol–water partition coefficient (Wildman–Crippen LogP) is 2.71. The molecule has 1 rings (SSSR count). The van der Waals surface area contributed by atoms with E-state index in [1.807, 2.05) is 0 Å². The molecule has 0 saturated heterocycles. The Labute approximate surface area is 116 Å². The number of hydrogen-bond donors (Lipinski definition) is 2. The molecular formula is C12H11BrF2O4. The predicted molar refractivity (Wildman–Crippen MR) is 66.7 cm³/mol. The molecule has 0 radical (unpaired) electrons. The van der Waals surface area contributed by atoms with E-state index in [4.69, 9.17) is 5.11 Å². The summed E-state index contributed by atoms with van der Waals surface area (Å²) < 4.78 is 25.6. The molecule has 0 aliphatic heterocycles. The summed E-state index contributed by atoms with van der Waals surface area (Å²) in [6, 6.07) is 3.05. The Bertz CT molecular complexity index is 491. The van der Waals surface area contributed by atoms with E-state index in [9.17, 15) is 23.5 Å². The Morgan fingerprint density at radius 3 is 2.42 bits per heavy atom. The van der Waals surface area contributed by atoms with Crippen molar-refractivity contribution in [2.45, 2.75) is 19.0 Å². The summed E-state index contributed by atoms with van der Waals surface area (Å²) in [6.45, 7) is 0. The molecule has 0 bridgehead atoms. The molecule has 1 unspecified atom stereocenters. The molecule has 0 heterocycles. The second kappa shape index (κ2) is 6.72. The molecule has 1 aromatic carbocycles. The van der Waals surface area contributed by atoms with Gasteiger partial charge in [-0.2, -0.15) is 0 Å². The van der Waals surface area contributed by atoms with Crippen molar-refractivity contribution < 1.29 is 28.6 Å². The first-order valence-electron chi connectivity index (χ1n) is 5.30. The maximum absolute atomic E-state index is 12.8. The van der Waals surface area contributed by atoms with E-state index in [0.29, 0.717) is 5.33 Å². The molecule has 0 aliphatic rings. The first-order valence-corrected chi connectivity index (χ1v) is 6.42. The van der Waals surface area contributed by atoms with Crippen molar-refractivity contribution >= 4 is 27.7 Å². The van der Waals surface area contributed by atoms with Gasteiger partial charge in [0.1, 0.15) is 0 Å². The van der Waals surface area contributed by atoms with Crippen LogP contribution in [0.15, 0.2) is 18.2 Å². The molecule has 0 amide bonds. The number of rotatable bonds is 6.